The van der Waals surface area contributed by atoms with E-state index in [4.69, 9.17) is 0 Å². The Morgan fingerprint density at radius 2 is 2.24 bits per heavy atom. The molecule has 1 aliphatic rings. The van der Waals surface area contributed by atoms with E-state index in [9.17, 15) is 14.4 Å². The van der Waals surface area contributed by atoms with Crippen LogP contribution in [0.15, 0.2) is 17.1 Å². The maximum absolute atomic E-state index is 12.4. The van der Waals surface area contributed by atoms with Crippen LogP contribution >= 0.6 is 0 Å². The predicted molar refractivity (Wildman–Crippen MR) is 77.1 cm³/mol. The second-order valence-electron chi connectivity index (χ2n) is 5.31. The fraction of sp³-hybridized carbons (Fsp3) is 0.533. The van der Waals surface area contributed by atoms with E-state index >= 15 is 0 Å². The number of hydrogen-bond donors (Lipinski definition) is 1. The van der Waals surface area contributed by atoms with E-state index in [1.165, 1.54) is 19.4 Å². The van der Waals surface area contributed by atoms with Gasteiger partial charge in [-0.2, -0.15) is 0 Å². The van der Waals surface area contributed by atoms with Crippen molar-refractivity contribution in [2.75, 3.05) is 14.2 Å². The molecule has 1 amide bonds. The lowest BCUT2D eigenvalue weighted by Gasteiger charge is -2.26. The quantitative estimate of drug-likeness (QED) is 0.843. The molecule has 0 saturated carbocycles. The van der Waals surface area contributed by atoms with Crippen LogP contribution in [0.5, 0.6) is 0 Å². The monoisotopic (exact) mass is 292 g/mol. The number of hydrogen-bond acceptors (Lipinski definition) is 4. The number of amides is 1. The number of carbonyl (C=O) groups is 2. The highest BCUT2D eigenvalue weighted by Crippen LogP contribution is 2.22. The van der Waals surface area contributed by atoms with Gasteiger partial charge in [-0.3, -0.25) is 14.4 Å². The highest BCUT2D eigenvalue weighted by atomic mass is 16.5. The molecule has 1 unspecified atom stereocenters. The lowest BCUT2D eigenvalue weighted by molar-refractivity contribution is -0.140. The molecule has 21 heavy (non-hydrogen) atoms. The molecule has 1 aliphatic heterocycles. The molecule has 6 nitrogen and oxygen atoms in total. The van der Waals surface area contributed by atoms with Crippen molar-refractivity contribution < 1.29 is 14.3 Å². The van der Waals surface area contributed by atoms with Gasteiger partial charge in [0.05, 0.1) is 12.7 Å². The van der Waals surface area contributed by atoms with E-state index in [2.05, 4.69) is 9.72 Å². The van der Waals surface area contributed by atoms with Crippen molar-refractivity contribution in [3.8, 4) is 0 Å². The van der Waals surface area contributed by atoms with Crippen molar-refractivity contribution in [3.05, 3.63) is 33.7 Å². The van der Waals surface area contributed by atoms with Crippen LogP contribution in [0.2, 0.25) is 0 Å². The number of ether oxygens (including phenoxy) is 1. The molecule has 0 spiro atoms. The van der Waals surface area contributed by atoms with Crippen LogP contribution in [0.4, 0.5) is 0 Å². The van der Waals surface area contributed by atoms with Crippen molar-refractivity contribution in [3.63, 3.8) is 0 Å². The first kappa shape index (κ1) is 15.3. The summed E-state index contributed by atoms with van der Waals surface area (Å²) in [7, 11) is 3.14. The van der Waals surface area contributed by atoms with E-state index in [0.717, 1.165) is 18.4 Å². The van der Waals surface area contributed by atoms with Gasteiger partial charge >= 0.3 is 5.97 Å². The molecular formula is C15H20N2O4. The summed E-state index contributed by atoms with van der Waals surface area (Å²) in [5.74, 6) is -0.312. The molecule has 0 aliphatic carbocycles. The Labute approximate surface area is 123 Å². The summed E-state index contributed by atoms with van der Waals surface area (Å²) < 4.78 is 4.62. The molecule has 2 heterocycles. The molecule has 0 radical (unpaired) electrons. The third-order valence-corrected chi connectivity index (χ3v) is 4.00. The van der Waals surface area contributed by atoms with Gasteiger partial charge in [-0.15, -0.1) is 0 Å². The third-order valence-electron chi connectivity index (χ3n) is 4.00. The van der Waals surface area contributed by atoms with E-state index < -0.39 is 0 Å². The van der Waals surface area contributed by atoms with Crippen LogP contribution in [0, 0.1) is 0 Å². The molecule has 0 aromatic carbocycles. The van der Waals surface area contributed by atoms with Gasteiger partial charge in [0, 0.05) is 31.8 Å². The van der Waals surface area contributed by atoms with Gasteiger partial charge in [0.25, 0.3) is 5.91 Å². The Balaban J connectivity index is 2.07. The molecule has 1 aromatic heterocycles. The maximum atomic E-state index is 12.4. The number of H-pyrrole nitrogens is 1. The zero-order valence-corrected chi connectivity index (χ0v) is 12.3. The number of rotatable bonds is 4. The Morgan fingerprint density at radius 1 is 1.48 bits per heavy atom. The van der Waals surface area contributed by atoms with Crippen LogP contribution in [0.25, 0.3) is 0 Å². The van der Waals surface area contributed by atoms with Crippen LogP contribution in [0.1, 0.15) is 41.6 Å². The fourth-order valence-electron chi connectivity index (χ4n) is 2.71. The van der Waals surface area contributed by atoms with Crippen LogP contribution in [0.3, 0.4) is 0 Å². The SMILES string of the molecule is COC(=O)CCCC1CCc2cc(=O)[nH]cc2C(=O)N1C. The van der Waals surface area contributed by atoms with E-state index in [1.807, 2.05) is 0 Å². The number of fused-ring (bicyclic) bond motifs is 1. The molecule has 0 fully saturated rings. The number of aromatic nitrogens is 1. The second-order valence-corrected chi connectivity index (χ2v) is 5.31. The topological polar surface area (TPSA) is 79.5 Å². The molecule has 114 valence electrons. The predicted octanol–water partition coefficient (Wildman–Crippen LogP) is 1.10. The zero-order chi connectivity index (χ0) is 15.4. The highest BCUT2D eigenvalue weighted by molar-refractivity contribution is 5.95. The number of carbonyl (C=O) groups excluding carboxylic acids is 2. The molecule has 1 atom stereocenters. The lowest BCUT2D eigenvalue weighted by Crippen LogP contribution is -2.36. The summed E-state index contributed by atoms with van der Waals surface area (Å²) >= 11 is 0. The number of aromatic amines is 1. The molecule has 6 heteroatoms. The van der Waals surface area contributed by atoms with E-state index in [-0.39, 0.29) is 23.5 Å². The molecule has 1 N–H and O–H groups in total. The average Bonchev–Trinajstić information content (AvgIpc) is 2.59. The number of pyridine rings is 1. The fourth-order valence-corrected chi connectivity index (χ4v) is 2.71. The maximum Gasteiger partial charge on any atom is 0.305 e. The van der Waals surface area contributed by atoms with Crippen molar-refractivity contribution in [1.29, 1.82) is 0 Å². The Bertz CT molecular complexity index is 594. The Morgan fingerprint density at radius 3 is 2.95 bits per heavy atom. The standard InChI is InChI=1S/C15H20N2O4/c1-17-11(4-3-5-14(19)21-2)7-6-10-8-13(18)16-9-12(10)15(17)20/h8-9,11H,3-7H2,1-2H3,(H,16,18). The molecule has 0 saturated heterocycles. The van der Waals surface area contributed by atoms with E-state index in [0.29, 0.717) is 24.8 Å². The minimum atomic E-state index is -0.230. The number of nitrogens with zero attached hydrogens (tertiary/aromatic N) is 1. The summed E-state index contributed by atoms with van der Waals surface area (Å²) in [5, 5.41) is 0. The first-order valence-electron chi connectivity index (χ1n) is 7.08. The molecular weight excluding hydrogens is 272 g/mol. The normalized spacial score (nSPS) is 18.1. The van der Waals surface area contributed by atoms with Crippen LogP contribution in [-0.2, 0) is 16.0 Å². The zero-order valence-electron chi connectivity index (χ0n) is 12.3. The first-order valence-corrected chi connectivity index (χ1v) is 7.08. The largest absolute Gasteiger partial charge is 0.469 e. The first-order chi connectivity index (χ1) is 10.0. The van der Waals surface area contributed by atoms with Gasteiger partial charge in [0.15, 0.2) is 0 Å². The Hall–Kier alpha value is -2.11. The number of methoxy groups -OCH3 is 1. The van der Waals surface area contributed by atoms with E-state index in [1.54, 1.807) is 11.9 Å². The van der Waals surface area contributed by atoms with Gasteiger partial charge in [-0.1, -0.05) is 0 Å². The van der Waals surface area contributed by atoms with Crippen molar-refractivity contribution >= 4 is 11.9 Å². The molecule has 0 bridgehead atoms. The van der Waals surface area contributed by atoms with Gasteiger partial charge < -0.3 is 14.6 Å². The number of esters is 1. The third kappa shape index (κ3) is 3.51. The highest BCUT2D eigenvalue weighted by Gasteiger charge is 2.27. The van der Waals surface area contributed by atoms with Crippen LogP contribution < -0.4 is 5.56 Å². The summed E-state index contributed by atoms with van der Waals surface area (Å²) in [6.45, 7) is 0. The van der Waals surface area contributed by atoms with Gasteiger partial charge in [0.2, 0.25) is 5.56 Å². The smallest absolute Gasteiger partial charge is 0.305 e. The van der Waals surface area contributed by atoms with Gasteiger partial charge in [-0.25, -0.2) is 0 Å². The summed E-state index contributed by atoms with van der Waals surface area (Å²) in [6, 6.07) is 1.57. The minimum absolute atomic E-state index is 0.0738. The van der Waals surface area contributed by atoms with Gasteiger partial charge in [0.1, 0.15) is 0 Å². The number of nitrogens with one attached hydrogen (secondary N) is 1. The lowest BCUT2D eigenvalue weighted by atomic mass is 10.0. The van der Waals surface area contributed by atoms with Crippen molar-refractivity contribution in [2.24, 2.45) is 0 Å². The number of aryl methyl sites for hydroxylation is 1. The summed E-state index contributed by atoms with van der Waals surface area (Å²) in [6.07, 6.45) is 4.77. The molecule has 2 rings (SSSR count). The van der Waals surface area contributed by atoms with Crippen molar-refractivity contribution in [2.45, 2.75) is 38.1 Å². The van der Waals surface area contributed by atoms with Gasteiger partial charge in [-0.05, 0) is 31.2 Å². The minimum Gasteiger partial charge on any atom is -0.469 e. The second kappa shape index (κ2) is 6.56. The molecule has 1 aromatic rings. The van der Waals surface area contributed by atoms with Crippen LogP contribution in [-0.4, -0.2) is 42.0 Å². The summed E-state index contributed by atoms with van der Waals surface area (Å²) in [4.78, 5) is 39.2. The summed E-state index contributed by atoms with van der Waals surface area (Å²) in [5.41, 5.74) is 1.17. The average molecular weight is 292 g/mol. The van der Waals surface area contributed by atoms with Crippen molar-refractivity contribution in [1.82, 2.24) is 9.88 Å². The Kier molecular flexibility index (Phi) is 4.77.